The summed E-state index contributed by atoms with van der Waals surface area (Å²) < 4.78 is 2.09. The Morgan fingerprint density at radius 3 is 2.76 bits per heavy atom. The van der Waals surface area contributed by atoms with Crippen LogP contribution in [-0.4, -0.2) is 34.1 Å². The fraction of sp³-hybridized carbons (Fsp3) is 0.278. The van der Waals surface area contributed by atoms with Crippen molar-refractivity contribution in [3.05, 3.63) is 59.1 Å². The molecule has 3 aromatic rings. The highest BCUT2D eigenvalue weighted by Gasteiger charge is 2.07. The van der Waals surface area contributed by atoms with Crippen molar-refractivity contribution in [2.45, 2.75) is 13.0 Å². The number of para-hydroxylation sites is 2. The van der Waals surface area contributed by atoms with Crippen LogP contribution in [0.2, 0.25) is 5.15 Å². The molecule has 1 aromatic carbocycles. The van der Waals surface area contributed by atoms with Gasteiger partial charge in [-0.2, -0.15) is 0 Å². The average molecular weight is 357 g/mol. The second kappa shape index (κ2) is 7.98. The number of halogens is 1. The maximum Gasteiger partial charge on any atom is 0.191 e. The average Bonchev–Trinajstić information content (AvgIpc) is 2.96. The zero-order valence-corrected chi connectivity index (χ0v) is 15.1. The molecule has 130 valence electrons. The number of hydrogen-bond acceptors (Lipinski definition) is 3. The minimum atomic E-state index is 0.511. The topological polar surface area (TPSA) is 67.1 Å². The monoisotopic (exact) mass is 356 g/mol. The number of aromatic nitrogens is 3. The minimum Gasteiger partial charge on any atom is -0.356 e. The van der Waals surface area contributed by atoms with E-state index in [0.29, 0.717) is 11.7 Å². The van der Waals surface area contributed by atoms with Crippen LogP contribution in [0.25, 0.3) is 11.0 Å². The molecule has 0 aliphatic carbocycles. The number of nitrogens with one attached hydrogen (secondary N) is 2. The summed E-state index contributed by atoms with van der Waals surface area (Å²) in [6.07, 6.45) is 2.64. The molecule has 0 bridgehead atoms. The van der Waals surface area contributed by atoms with Crippen molar-refractivity contribution in [2.24, 2.45) is 12.0 Å². The summed E-state index contributed by atoms with van der Waals surface area (Å²) in [4.78, 5) is 13.0. The number of nitrogens with zero attached hydrogens (tertiary/aromatic N) is 4. The highest BCUT2D eigenvalue weighted by molar-refractivity contribution is 6.29. The highest BCUT2D eigenvalue weighted by atomic mass is 35.5. The van der Waals surface area contributed by atoms with Crippen molar-refractivity contribution >= 4 is 28.6 Å². The summed E-state index contributed by atoms with van der Waals surface area (Å²) in [5.74, 6) is 1.71. The molecule has 7 heteroatoms. The number of fused-ring (bicyclic) bond motifs is 1. The number of pyridine rings is 1. The van der Waals surface area contributed by atoms with Gasteiger partial charge in [0.2, 0.25) is 0 Å². The molecule has 2 N–H and O–H groups in total. The third kappa shape index (κ3) is 4.28. The summed E-state index contributed by atoms with van der Waals surface area (Å²) in [5, 5.41) is 7.11. The first-order valence-electron chi connectivity index (χ1n) is 8.12. The van der Waals surface area contributed by atoms with Crippen molar-refractivity contribution in [3.8, 4) is 0 Å². The number of aliphatic imine (C=N–C) groups is 1. The smallest absolute Gasteiger partial charge is 0.191 e. The molecule has 6 nitrogen and oxygen atoms in total. The second-order valence-corrected chi connectivity index (χ2v) is 6.05. The summed E-state index contributed by atoms with van der Waals surface area (Å²) in [6, 6.07) is 11.9. The van der Waals surface area contributed by atoms with E-state index in [9.17, 15) is 0 Å². The van der Waals surface area contributed by atoms with Gasteiger partial charge in [0.05, 0.1) is 17.6 Å². The van der Waals surface area contributed by atoms with Gasteiger partial charge in [-0.1, -0.05) is 29.8 Å². The Hall–Kier alpha value is -2.60. The normalized spacial score (nSPS) is 11.7. The molecule has 25 heavy (non-hydrogen) atoms. The highest BCUT2D eigenvalue weighted by Crippen LogP contribution is 2.13. The zero-order chi connectivity index (χ0) is 17.6. The van der Waals surface area contributed by atoms with Crippen molar-refractivity contribution in [2.75, 3.05) is 13.6 Å². The first-order valence-corrected chi connectivity index (χ1v) is 8.50. The van der Waals surface area contributed by atoms with Gasteiger partial charge >= 0.3 is 0 Å². The van der Waals surface area contributed by atoms with E-state index in [-0.39, 0.29) is 0 Å². The molecule has 0 amide bonds. The van der Waals surface area contributed by atoms with E-state index in [4.69, 9.17) is 11.6 Å². The first kappa shape index (κ1) is 17.2. The van der Waals surface area contributed by atoms with Gasteiger partial charge in [0.25, 0.3) is 0 Å². The lowest BCUT2D eigenvalue weighted by Gasteiger charge is -2.11. The molecule has 2 aromatic heterocycles. The molecule has 0 saturated heterocycles. The van der Waals surface area contributed by atoms with Crippen LogP contribution in [0.3, 0.4) is 0 Å². The maximum atomic E-state index is 5.80. The molecule has 0 saturated carbocycles. The van der Waals surface area contributed by atoms with Gasteiger partial charge in [0.1, 0.15) is 11.0 Å². The largest absolute Gasteiger partial charge is 0.356 e. The predicted octanol–water partition coefficient (Wildman–Crippen LogP) is 2.53. The molecular weight excluding hydrogens is 336 g/mol. The third-order valence-electron chi connectivity index (χ3n) is 4.01. The van der Waals surface area contributed by atoms with E-state index in [2.05, 4.69) is 36.2 Å². The minimum absolute atomic E-state index is 0.511. The van der Waals surface area contributed by atoms with E-state index in [1.807, 2.05) is 31.3 Å². The van der Waals surface area contributed by atoms with Crippen LogP contribution < -0.4 is 10.6 Å². The standard InChI is InChI=1S/C18H21ClN6/c1-20-18(21-10-9-13-7-8-16(19)22-11-13)23-12-17-24-14-5-3-4-6-15(14)25(17)2/h3-8,11H,9-10,12H2,1-2H3,(H2,20,21,23). The van der Waals surface area contributed by atoms with Gasteiger partial charge < -0.3 is 15.2 Å². The number of guanidine groups is 1. The van der Waals surface area contributed by atoms with Crippen LogP contribution in [0.4, 0.5) is 0 Å². The molecule has 0 aliphatic heterocycles. The molecule has 0 radical (unpaired) electrons. The Labute approximate surface area is 152 Å². The van der Waals surface area contributed by atoms with Crippen LogP contribution in [-0.2, 0) is 20.0 Å². The fourth-order valence-electron chi connectivity index (χ4n) is 2.62. The molecule has 0 atom stereocenters. The van der Waals surface area contributed by atoms with Gasteiger partial charge in [-0.15, -0.1) is 0 Å². The lowest BCUT2D eigenvalue weighted by atomic mass is 10.2. The first-order chi connectivity index (χ1) is 12.2. The third-order valence-corrected chi connectivity index (χ3v) is 4.24. The molecule has 0 fully saturated rings. The predicted molar refractivity (Wildman–Crippen MR) is 102 cm³/mol. The molecule has 0 unspecified atom stereocenters. The Morgan fingerprint density at radius 2 is 2.04 bits per heavy atom. The number of rotatable bonds is 5. The summed E-state index contributed by atoms with van der Waals surface area (Å²) >= 11 is 5.80. The van der Waals surface area contributed by atoms with Crippen LogP contribution in [0.1, 0.15) is 11.4 Å². The van der Waals surface area contributed by atoms with E-state index in [1.54, 1.807) is 19.3 Å². The Kier molecular flexibility index (Phi) is 5.50. The van der Waals surface area contributed by atoms with E-state index in [1.165, 1.54) is 0 Å². The molecule has 3 rings (SSSR count). The molecule has 2 heterocycles. The van der Waals surface area contributed by atoms with E-state index < -0.39 is 0 Å². The number of aryl methyl sites for hydroxylation is 1. The number of hydrogen-bond donors (Lipinski definition) is 2. The van der Waals surface area contributed by atoms with Gasteiger partial charge in [-0.25, -0.2) is 9.97 Å². The number of imidazole rings is 1. The van der Waals surface area contributed by atoms with Crippen LogP contribution in [0.15, 0.2) is 47.6 Å². The lowest BCUT2D eigenvalue weighted by Crippen LogP contribution is -2.38. The van der Waals surface area contributed by atoms with Crippen molar-refractivity contribution in [3.63, 3.8) is 0 Å². The molecule has 0 spiro atoms. The van der Waals surface area contributed by atoms with Crippen LogP contribution >= 0.6 is 11.6 Å². The fourth-order valence-corrected chi connectivity index (χ4v) is 2.73. The maximum absolute atomic E-state index is 5.80. The van der Waals surface area contributed by atoms with Crippen LogP contribution in [0.5, 0.6) is 0 Å². The summed E-state index contributed by atoms with van der Waals surface area (Å²) in [7, 11) is 3.78. The SMILES string of the molecule is CN=C(NCCc1ccc(Cl)nc1)NCc1nc2ccccc2n1C. The van der Waals surface area contributed by atoms with E-state index in [0.717, 1.165) is 41.3 Å². The van der Waals surface area contributed by atoms with Gasteiger partial charge in [0, 0.05) is 26.8 Å². The van der Waals surface area contributed by atoms with Gasteiger partial charge in [-0.05, 0) is 30.2 Å². The van der Waals surface area contributed by atoms with Crippen molar-refractivity contribution in [1.82, 2.24) is 25.2 Å². The van der Waals surface area contributed by atoms with Crippen LogP contribution in [0, 0.1) is 0 Å². The Bertz CT molecular complexity index is 869. The Morgan fingerprint density at radius 1 is 1.20 bits per heavy atom. The lowest BCUT2D eigenvalue weighted by molar-refractivity contribution is 0.733. The summed E-state index contributed by atoms with van der Waals surface area (Å²) in [5.41, 5.74) is 3.25. The second-order valence-electron chi connectivity index (χ2n) is 5.67. The van der Waals surface area contributed by atoms with Crippen molar-refractivity contribution < 1.29 is 0 Å². The van der Waals surface area contributed by atoms with E-state index >= 15 is 0 Å². The molecular formula is C18H21ClN6. The Balaban J connectivity index is 1.53. The number of benzene rings is 1. The van der Waals surface area contributed by atoms with Crippen molar-refractivity contribution in [1.29, 1.82) is 0 Å². The summed E-state index contributed by atoms with van der Waals surface area (Å²) in [6.45, 7) is 1.36. The van der Waals surface area contributed by atoms with Gasteiger partial charge in [-0.3, -0.25) is 4.99 Å². The van der Waals surface area contributed by atoms with Gasteiger partial charge in [0.15, 0.2) is 5.96 Å². The quantitative estimate of drug-likeness (QED) is 0.419. The molecule has 0 aliphatic rings. The zero-order valence-electron chi connectivity index (χ0n) is 14.3.